The standard InChI is InChI=1S/C14H23N3O/c1-10-5-7-14(18-2,8-6-10)12(15)11-4-3-9-17-13(11)16/h3-4,9-10,12H,5-8,15H2,1-2H3,(H2,16,17). The van der Waals surface area contributed by atoms with Crippen molar-refractivity contribution < 1.29 is 4.74 Å². The molecule has 1 aliphatic carbocycles. The molecule has 4 N–H and O–H groups in total. The highest BCUT2D eigenvalue weighted by atomic mass is 16.5. The highest BCUT2D eigenvalue weighted by molar-refractivity contribution is 5.42. The third kappa shape index (κ3) is 2.35. The Morgan fingerprint density at radius 3 is 2.67 bits per heavy atom. The second-order valence-electron chi connectivity index (χ2n) is 5.41. The Morgan fingerprint density at radius 2 is 2.11 bits per heavy atom. The van der Waals surface area contributed by atoms with E-state index in [1.165, 1.54) is 0 Å². The van der Waals surface area contributed by atoms with Crippen LogP contribution in [-0.2, 0) is 4.74 Å². The number of nitrogen functional groups attached to an aromatic ring is 1. The van der Waals surface area contributed by atoms with Crippen molar-refractivity contribution in [3.8, 4) is 0 Å². The normalized spacial score (nSPS) is 30.1. The maximum atomic E-state index is 6.42. The van der Waals surface area contributed by atoms with Crippen molar-refractivity contribution in [3.63, 3.8) is 0 Å². The van der Waals surface area contributed by atoms with E-state index >= 15 is 0 Å². The average Bonchev–Trinajstić information content (AvgIpc) is 2.40. The number of hydrogen-bond donors (Lipinski definition) is 2. The molecule has 0 amide bonds. The molecule has 0 spiro atoms. The highest BCUT2D eigenvalue weighted by Gasteiger charge is 2.41. The van der Waals surface area contributed by atoms with Crippen molar-refractivity contribution in [2.24, 2.45) is 11.7 Å². The lowest BCUT2D eigenvalue weighted by atomic mass is 9.74. The van der Waals surface area contributed by atoms with Crippen molar-refractivity contribution in [1.82, 2.24) is 4.98 Å². The zero-order valence-corrected chi connectivity index (χ0v) is 11.2. The number of aromatic nitrogens is 1. The van der Waals surface area contributed by atoms with Crippen LogP contribution in [0.1, 0.15) is 44.2 Å². The first-order valence-corrected chi connectivity index (χ1v) is 6.60. The lowest BCUT2D eigenvalue weighted by Crippen LogP contribution is -2.46. The molecule has 1 saturated carbocycles. The largest absolute Gasteiger partial charge is 0.383 e. The van der Waals surface area contributed by atoms with Gasteiger partial charge >= 0.3 is 0 Å². The summed E-state index contributed by atoms with van der Waals surface area (Å²) in [6.45, 7) is 2.28. The lowest BCUT2D eigenvalue weighted by Gasteiger charge is -2.42. The van der Waals surface area contributed by atoms with E-state index in [2.05, 4.69) is 11.9 Å². The molecule has 100 valence electrons. The summed E-state index contributed by atoms with van der Waals surface area (Å²) in [5.74, 6) is 1.27. The quantitative estimate of drug-likeness (QED) is 0.861. The molecule has 1 unspecified atom stereocenters. The first kappa shape index (κ1) is 13.3. The topological polar surface area (TPSA) is 74.2 Å². The van der Waals surface area contributed by atoms with Gasteiger partial charge in [-0.1, -0.05) is 13.0 Å². The molecular weight excluding hydrogens is 226 g/mol. The van der Waals surface area contributed by atoms with Crippen molar-refractivity contribution in [2.45, 2.75) is 44.2 Å². The van der Waals surface area contributed by atoms with Gasteiger partial charge in [-0.05, 0) is 37.7 Å². The Hall–Kier alpha value is -1.13. The van der Waals surface area contributed by atoms with Crippen molar-refractivity contribution in [1.29, 1.82) is 0 Å². The van der Waals surface area contributed by atoms with Gasteiger partial charge in [0.2, 0.25) is 0 Å². The Morgan fingerprint density at radius 1 is 1.44 bits per heavy atom. The van der Waals surface area contributed by atoms with Gasteiger partial charge in [-0.2, -0.15) is 0 Å². The molecule has 1 aromatic rings. The molecule has 1 heterocycles. The molecule has 1 fully saturated rings. The summed E-state index contributed by atoms with van der Waals surface area (Å²) in [6, 6.07) is 3.62. The molecule has 0 radical (unpaired) electrons. The molecule has 1 atom stereocenters. The fourth-order valence-corrected chi connectivity index (χ4v) is 2.87. The van der Waals surface area contributed by atoms with E-state index in [-0.39, 0.29) is 11.6 Å². The lowest BCUT2D eigenvalue weighted by molar-refractivity contribution is -0.0671. The fraction of sp³-hybridized carbons (Fsp3) is 0.643. The molecular formula is C14H23N3O. The van der Waals surface area contributed by atoms with Gasteiger partial charge < -0.3 is 16.2 Å². The molecule has 4 heteroatoms. The summed E-state index contributed by atoms with van der Waals surface area (Å²) < 4.78 is 5.79. The first-order chi connectivity index (χ1) is 8.59. The molecule has 0 aliphatic heterocycles. The smallest absolute Gasteiger partial charge is 0.128 e. The Labute approximate surface area is 109 Å². The van der Waals surface area contributed by atoms with E-state index in [9.17, 15) is 0 Å². The van der Waals surface area contributed by atoms with Gasteiger partial charge in [-0.25, -0.2) is 4.98 Å². The maximum absolute atomic E-state index is 6.42. The van der Waals surface area contributed by atoms with E-state index < -0.39 is 0 Å². The molecule has 1 aliphatic rings. The molecule has 0 aromatic carbocycles. The van der Waals surface area contributed by atoms with Crippen LogP contribution in [-0.4, -0.2) is 17.7 Å². The van der Waals surface area contributed by atoms with Crippen LogP contribution >= 0.6 is 0 Å². The number of pyridine rings is 1. The van der Waals surface area contributed by atoms with Gasteiger partial charge in [0, 0.05) is 18.9 Å². The van der Waals surface area contributed by atoms with Crippen LogP contribution in [0.2, 0.25) is 0 Å². The van der Waals surface area contributed by atoms with E-state index in [0.717, 1.165) is 37.2 Å². The van der Waals surface area contributed by atoms with Crippen molar-refractivity contribution >= 4 is 5.82 Å². The monoisotopic (exact) mass is 249 g/mol. The van der Waals surface area contributed by atoms with Crippen LogP contribution in [0.15, 0.2) is 18.3 Å². The van der Waals surface area contributed by atoms with Gasteiger partial charge in [0.15, 0.2) is 0 Å². The first-order valence-electron chi connectivity index (χ1n) is 6.60. The number of methoxy groups -OCH3 is 1. The SMILES string of the molecule is COC1(C(N)c2cccnc2N)CCC(C)CC1. The van der Waals surface area contributed by atoms with E-state index in [4.69, 9.17) is 16.2 Å². The summed E-state index contributed by atoms with van der Waals surface area (Å²) in [6.07, 6.45) is 5.97. The number of ether oxygens (including phenoxy) is 1. The summed E-state index contributed by atoms with van der Waals surface area (Å²) >= 11 is 0. The fourth-order valence-electron chi connectivity index (χ4n) is 2.87. The van der Waals surface area contributed by atoms with Crippen LogP contribution < -0.4 is 11.5 Å². The van der Waals surface area contributed by atoms with Gasteiger partial charge in [-0.3, -0.25) is 0 Å². The van der Waals surface area contributed by atoms with Crippen molar-refractivity contribution in [3.05, 3.63) is 23.9 Å². The minimum Gasteiger partial charge on any atom is -0.383 e. The van der Waals surface area contributed by atoms with Crippen molar-refractivity contribution in [2.75, 3.05) is 12.8 Å². The van der Waals surface area contributed by atoms with Crippen LogP contribution in [0.4, 0.5) is 5.82 Å². The molecule has 1 aromatic heterocycles. The molecule has 0 bridgehead atoms. The number of hydrogen-bond acceptors (Lipinski definition) is 4. The zero-order chi connectivity index (χ0) is 13.2. The van der Waals surface area contributed by atoms with Gasteiger partial charge in [-0.15, -0.1) is 0 Å². The summed E-state index contributed by atoms with van der Waals surface area (Å²) in [4.78, 5) is 4.12. The average molecular weight is 249 g/mol. The van der Waals surface area contributed by atoms with Crippen LogP contribution in [0.5, 0.6) is 0 Å². The molecule has 0 saturated heterocycles. The summed E-state index contributed by atoms with van der Waals surface area (Å²) in [5, 5.41) is 0. The van der Waals surface area contributed by atoms with Gasteiger partial charge in [0.1, 0.15) is 5.82 Å². The third-order valence-electron chi connectivity index (χ3n) is 4.30. The van der Waals surface area contributed by atoms with E-state index in [1.54, 1.807) is 13.3 Å². The van der Waals surface area contributed by atoms with E-state index in [1.807, 2.05) is 12.1 Å². The predicted octanol–water partition coefficient (Wildman–Crippen LogP) is 2.26. The molecule has 4 nitrogen and oxygen atoms in total. The molecule has 18 heavy (non-hydrogen) atoms. The number of anilines is 1. The second kappa shape index (κ2) is 5.24. The van der Waals surface area contributed by atoms with Crippen LogP contribution in [0.25, 0.3) is 0 Å². The zero-order valence-electron chi connectivity index (χ0n) is 11.2. The maximum Gasteiger partial charge on any atom is 0.128 e. The Kier molecular flexibility index (Phi) is 3.88. The highest BCUT2D eigenvalue weighted by Crippen LogP contribution is 2.42. The number of nitrogens with zero attached hydrogens (tertiary/aromatic N) is 1. The van der Waals surface area contributed by atoms with E-state index in [0.29, 0.717) is 5.82 Å². The summed E-state index contributed by atoms with van der Waals surface area (Å²) in [7, 11) is 1.75. The minimum atomic E-state index is -0.288. The Bertz CT molecular complexity index is 400. The minimum absolute atomic E-state index is 0.205. The van der Waals surface area contributed by atoms with Gasteiger partial charge in [0.05, 0.1) is 11.6 Å². The third-order valence-corrected chi connectivity index (χ3v) is 4.30. The Balaban J connectivity index is 2.25. The number of nitrogens with two attached hydrogens (primary N) is 2. The second-order valence-corrected chi connectivity index (χ2v) is 5.41. The van der Waals surface area contributed by atoms with Crippen LogP contribution in [0.3, 0.4) is 0 Å². The van der Waals surface area contributed by atoms with Crippen LogP contribution in [0, 0.1) is 5.92 Å². The van der Waals surface area contributed by atoms with Gasteiger partial charge in [0.25, 0.3) is 0 Å². The predicted molar refractivity (Wildman–Crippen MR) is 72.9 cm³/mol. The molecule has 2 rings (SSSR count). The summed E-state index contributed by atoms with van der Waals surface area (Å²) in [5.41, 5.74) is 12.9. The number of rotatable bonds is 3.